The Morgan fingerprint density at radius 3 is 2.62 bits per heavy atom. The Morgan fingerprint density at radius 2 is 1.92 bits per heavy atom. The minimum atomic E-state index is -0.0586. The fourth-order valence-electron chi connectivity index (χ4n) is 3.10. The molecule has 1 aromatic rings. The van der Waals surface area contributed by atoms with Crippen molar-refractivity contribution in [2.75, 3.05) is 45.1 Å². The first-order valence-electron chi connectivity index (χ1n) is 9.66. The molecule has 1 saturated heterocycles. The van der Waals surface area contributed by atoms with E-state index in [9.17, 15) is 4.79 Å². The highest BCUT2D eigenvalue weighted by Crippen LogP contribution is 2.17. The highest BCUT2D eigenvalue weighted by Gasteiger charge is 2.22. The van der Waals surface area contributed by atoms with Gasteiger partial charge < -0.3 is 15.4 Å². The van der Waals surface area contributed by atoms with Crippen molar-refractivity contribution in [3.05, 3.63) is 30.3 Å². The summed E-state index contributed by atoms with van der Waals surface area (Å²) >= 11 is 1.83. The highest BCUT2D eigenvalue weighted by molar-refractivity contribution is 7.99. The van der Waals surface area contributed by atoms with Crippen molar-refractivity contribution in [2.24, 2.45) is 5.92 Å². The van der Waals surface area contributed by atoms with Crippen LogP contribution < -0.4 is 10.6 Å². The number of carbonyl (C=O) groups excluding carboxylic acids is 1. The molecule has 2 amide bonds. The topological polar surface area (TPSA) is 53.6 Å². The summed E-state index contributed by atoms with van der Waals surface area (Å²) < 4.78 is 5.45. The molecule has 1 atom stereocenters. The van der Waals surface area contributed by atoms with E-state index in [1.807, 2.05) is 17.8 Å². The summed E-state index contributed by atoms with van der Waals surface area (Å²) in [6, 6.07) is 10.7. The van der Waals surface area contributed by atoms with E-state index in [2.05, 4.69) is 53.6 Å². The lowest BCUT2D eigenvalue weighted by Crippen LogP contribution is -2.50. The van der Waals surface area contributed by atoms with Crippen LogP contribution in [0.25, 0.3) is 0 Å². The molecule has 0 aromatic heterocycles. The molecule has 1 heterocycles. The van der Waals surface area contributed by atoms with Gasteiger partial charge in [0.25, 0.3) is 0 Å². The lowest BCUT2D eigenvalue weighted by molar-refractivity contribution is 0.0129. The maximum absolute atomic E-state index is 12.1. The minimum Gasteiger partial charge on any atom is -0.379 e. The Hall–Kier alpha value is -1.24. The van der Waals surface area contributed by atoms with Gasteiger partial charge in [-0.25, -0.2) is 4.79 Å². The molecule has 6 heteroatoms. The molecule has 2 N–H and O–H groups in total. The predicted octanol–water partition coefficient (Wildman–Crippen LogP) is 3.21. The molecule has 1 aromatic carbocycles. The molecular formula is C20H33N3O2S. The number of thioether (sulfide) groups is 1. The van der Waals surface area contributed by atoms with Crippen LogP contribution in [-0.4, -0.2) is 62.1 Å². The highest BCUT2D eigenvalue weighted by atomic mass is 32.2. The smallest absolute Gasteiger partial charge is 0.314 e. The number of amides is 2. The molecule has 1 unspecified atom stereocenters. The molecule has 2 rings (SSSR count). The quantitative estimate of drug-likeness (QED) is 0.484. The van der Waals surface area contributed by atoms with Crippen molar-refractivity contribution in [1.82, 2.24) is 15.5 Å². The van der Waals surface area contributed by atoms with E-state index < -0.39 is 0 Å². The molecule has 26 heavy (non-hydrogen) atoms. The van der Waals surface area contributed by atoms with Crippen LogP contribution in [0.5, 0.6) is 0 Å². The Balaban J connectivity index is 1.60. The van der Waals surface area contributed by atoms with Crippen LogP contribution in [0.2, 0.25) is 0 Å². The second-order valence-corrected chi connectivity index (χ2v) is 8.25. The molecule has 0 aliphatic carbocycles. The number of morpholine rings is 1. The van der Waals surface area contributed by atoms with Crippen molar-refractivity contribution in [2.45, 2.75) is 37.6 Å². The van der Waals surface area contributed by atoms with E-state index in [0.29, 0.717) is 25.0 Å². The van der Waals surface area contributed by atoms with Crippen molar-refractivity contribution in [3.8, 4) is 0 Å². The van der Waals surface area contributed by atoms with E-state index in [1.165, 1.54) is 4.90 Å². The normalized spacial score (nSPS) is 16.4. The average molecular weight is 380 g/mol. The lowest BCUT2D eigenvalue weighted by atomic mass is 10.0. The number of nitrogens with one attached hydrogen (secondary N) is 2. The fraction of sp³-hybridized carbons (Fsp3) is 0.650. The molecule has 146 valence electrons. The molecule has 5 nitrogen and oxygen atoms in total. The summed E-state index contributed by atoms with van der Waals surface area (Å²) in [5.41, 5.74) is 0. The number of carbonyl (C=O) groups is 1. The van der Waals surface area contributed by atoms with Crippen LogP contribution in [0.15, 0.2) is 35.2 Å². The molecule has 0 radical (unpaired) electrons. The van der Waals surface area contributed by atoms with E-state index in [1.54, 1.807) is 0 Å². The van der Waals surface area contributed by atoms with Crippen LogP contribution in [0.4, 0.5) is 4.79 Å². The SMILES string of the molecule is CC(C)CC(CNC(=O)NCCCSc1ccccc1)N1CCOCC1. The van der Waals surface area contributed by atoms with Gasteiger partial charge in [0, 0.05) is 37.1 Å². The molecular weight excluding hydrogens is 346 g/mol. The first kappa shape index (κ1) is 21.1. The zero-order chi connectivity index (χ0) is 18.6. The Morgan fingerprint density at radius 1 is 1.19 bits per heavy atom. The first-order chi connectivity index (χ1) is 12.6. The van der Waals surface area contributed by atoms with Gasteiger partial charge in [0.1, 0.15) is 0 Å². The lowest BCUT2D eigenvalue weighted by Gasteiger charge is -2.35. The van der Waals surface area contributed by atoms with Gasteiger partial charge in [0.05, 0.1) is 13.2 Å². The second kappa shape index (κ2) is 12.2. The molecule has 1 fully saturated rings. The molecule has 1 aliphatic heterocycles. The van der Waals surface area contributed by atoms with Crippen LogP contribution in [0.1, 0.15) is 26.7 Å². The number of ether oxygens (including phenoxy) is 1. The number of rotatable bonds is 10. The monoisotopic (exact) mass is 379 g/mol. The third-order valence-corrected chi connectivity index (χ3v) is 5.52. The zero-order valence-corrected chi connectivity index (χ0v) is 16.9. The first-order valence-corrected chi connectivity index (χ1v) is 10.6. The fourth-order valence-corrected chi connectivity index (χ4v) is 3.98. The van der Waals surface area contributed by atoms with Gasteiger partial charge in [0.2, 0.25) is 0 Å². The number of urea groups is 1. The Kier molecular flexibility index (Phi) is 9.89. The molecule has 0 spiro atoms. The van der Waals surface area contributed by atoms with Crippen LogP contribution >= 0.6 is 11.8 Å². The summed E-state index contributed by atoms with van der Waals surface area (Å²) in [7, 11) is 0. The third kappa shape index (κ3) is 8.43. The van der Waals surface area contributed by atoms with Crippen molar-refractivity contribution >= 4 is 17.8 Å². The van der Waals surface area contributed by atoms with Gasteiger partial charge in [-0.1, -0.05) is 32.0 Å². The number of benzene rings is 1. The van der Waals surface area contributed by atoms with Crippen molar-refractivity contribution in [3.63, 3.8) is 0 Å². The average Bonchev–Trinajstić information content (AvgIpc) is 2.66. The van der Waals surface area contributed by atoms with E-state index in [4.69, 9.17) is 4.74 Å². The van der Waals surface area contributed by atoms with E-state index in [-0.39, 0.29) is 6.03 Å². The van der Waals surface area contributed by atoms with Gasteiger partial charge in [-0.3, -0.25) is 4.90 Å². The van der Waals surface area contributed by atoms with Crippen LogP contribution in [-0.2, 0) is 4.74 Å². The van der Waals surface area contributed by atoms with Gasteiger partial charge >= 0.3 is 6.03 Å². The van der Waals surface area contributed by atoms with Gasteiger partial charge in [-0.15, -0.1) is 11.8 Å². The summed E-state index contributed by atoms with van der Waals surface area (Å²) in [4.78, 5) is 15.8. The van der Waals surface area contributed by atoms with E-state index in [0.717, 1.165) is 44.9 Å². The standard InChI is InChI=1S/C20H33N3O2S/c1-17(2)15-18(23-10-12-25-13-11-23)16-22-20(24)21-9-6-14-26-19-7-4-3-5-8-19/h3-5,7-8,17-18H,6,9-16H2,1-2H3,(H2,21,22,24). The van der Waals surface area contributed by atoms with Crippen LogP contribution in [0, 0.1) is 5.92 Å². The predicted molar refractivity (Wildman–Crippen MR) is 109 cm³/mol. The van der Waals surface area contributed by atoms with Crippen molar-refractivity contribution < 1.29 is 9.53 Å². The largest absolute Gasteiger partial charge is 0.379 e. The minimum absolute atomic E-state index is 0.0586. The molecule has 0 bridgehead atoms. The third-order valence-electron chi connectivity index (χ3n) is 4.42. The second-order valence-electron chi connectivity index (χ2n) is 7.08. The summed E-state index contributed by atoms with van der Waals surface area (Å²) in [5.74, 6) is 1.62. The molecule has 0 saturated carbocycles. The molecule has 1 aliphatic rings. The summed E-state index contributed by atoms with van der Waals surface area (Å²) in [5, 5.41) is 6.03. The Labute approximate surface area is 162 Å². The Bertz CT molecular complexity index is 507. The summed E-state index contributed by atoms with van der Waals surface area (Å²) in [6.07, 6.45) is 2.06. The van der Waals surface area contributed by atoms with Crippen molar-refractivity contribution in [1.29, 1.82) is 0 Å². The zero-order valence-electron chi connectivity index (χ0n) is 16.1. The number of hydrogen-bond donors (Lipinski definition) is 2. The van der Waals surface area contributed by atoms with E-state index >= 15 is 0 Å². The maximum atomic E-state index is 12.1. The number of hydrogen-bond acceptors (Lipinski definition) is 4. The van der Waals surface area contributed by atoms with Gasteiger partial charge in [0.15, 0.2) is 0 Å². The van der Waals surface area contributed by atoms with Gasteiger partial charge in [-0.05, 0) is 36.6 Å². The summed E-state index contributed by atoms with van der Waals surface area (Å²) in [6.45, 7) is 9.37. The van der Waals surface area contributed by atoms with Gasteiger partial charge in [-0.2, -0.15) is 0 Å². The van der Waals surface area contributed by atoms with Crippen LogP contribution in [0.3, 0.4) is 0 Å². The number of nitrogens with zero attached hydrogens (tertiary/aromatic N) is 1. The maximum Gasteiger partial charge on any atom is 0.314 e.